The van der Waals surface area contributed by atoms with Gasteiger partial charge in [-0.2, -0.15) is 0 Å². The number of phenolic OH excluding ortho intramolecular Hbond substituents is 1. The average Bonchev–Trinajstić information content (AvgIpc) is 2.80. The van der Waals surface area contributed by atoms with Gasteiger partial charge in [-0.25, -0.2) is 0 Å². The first kappa shape index (κ1) is 15.7. The fourth-order valence-corrected chi connectivity index (χ4v) is 2.80. The van der Waals surface area contributed by atoms with Crippen molar-refractivity contribution in [3.8, 4) is 11.5 Å². The van der Waals surface area contributed by atoms with Crippen LogP contribution in [0.2, 0.25) is 10.0 Å². The predicted octanol–water partition coefficient (Wildman–Crippen LogP) is 4.59. The maximum atomic E-state index is 12.2. The molecule has 0 bridgehead atoms. The smallest absolute Gasteiger partial charge is 0.256 e. The maximum absolute atomic E-state index is 12.2. The number of amides is 1. The van der Waals surface area contributed by atoms with Gasteiger partial charge >= 0.3 is 0 Å². The summed E-state index contributed by atoms with van der Waals surface area (Å²) < 4.78 is 5.35. The first-order valence-electron chi connectivity index (χ1n) is 6.98. The van der Waals surface area contributed by atoms with Gasteiger partial charge in [0.1, 0.15) is 0 Å². The topological polar surface area (TPSA) is 58.6 Å². The highest BCUT2D eigenvalue weighted by Crippen LogP contribution is 2.38. The van der Waals surface area contributed by atoms with Gasteiger partial charge in [0.15, 0.2) is 11.5 Å². The van der Waals surface area contributed by atoms with Crippen molar-refractivity contribution in [3.63, 3.8) is 0 Å². The second-order valence-corrected chi connectivity index (χ2v) is 5.83. The van der Waals surface area contributed by atoms with Gasteiger partial charge in [0, 0.05) is 21.8 Å². The van der Waals surface area contributed by atoms with Crippen LogP contribution in [0.5, 0.6) is 11.5 Å². The van der Waals surface area contributed by atoms with E-state index in [2.05, 4.69) is 5.32 Å². The summed E-state index contributed by atoms with van der Waals surface area (Å²) in [5, 5.41) is 13.4. The summed E-state index contributed by atoms with van der Waals surface area (Å²) in [6.07, 6.45) is 1.69. The molecule has 2 aromatic rings. The van der Waals surface area contributed by atoms with Crippen LogP contribution >= 0.6 is 23.2 Å². The van der Waals surface area contributed by atoms with Crippen LogP contribution in [0.1, 0.15) is 18.1 Å². The van der Waals surface area contributed by atoms with Gasteiger partial charge in [-0.05, 0) is 48.9 Å². The first-order valence-corrected chi connectivity index (χ1v) is 7.73. The number of benzene rings is 2. The summed E-state index contributed by atoms with van der Waals surface area (Å²) in [6.45, 7) is 2.20. The summed E-state index contributed by atoms with van der Waals surface area (Å²) in [5.74, 6) is -0.0593. The van der Waals surface area contributed by atoms with E-state index in [-0.39, 0.29) is 22.4 Å². The van der Waals surface area contributed by atoms with Crippen LogP contribution in [0, 0.1) is 0 Å². The van der Waals surface area contributed by atoms with Crippen LogP contribution < -0.4 is 10.1 Å². The summed E-state index contributed by atoms with van der Waals surface area (Å²) in [5.41, 5.74) is 2.56. The fourth-order valence-electron chi connectivity index (χ4n) is 2.41. The maximum Gasteiger partial charge on any atom is 0.256 e. The number of ether oxygens (including phenoxy) is 1. The molecule has 0 fully saturated rings. The summed E-state index contributed by atoms with van der Waals surface area (Å²) >= 11 is 12.0. The normalized spacial score (nSPS) is 14.7. The predicted molar refractivity (Wildman–Crippen MR) is 92.2 cm³/mol. The van der Waals surface area contributed by atoms with E-state index in [9.17, 15) is 9.90 Å². The third-order valence-corrected chi connectivity index (χ3v) is 3.95. The van der Waals surface area contributed by atoms with Gasteiger partial charge in [0.2, 0.25) is 0 Å². The Balaban J connectivity index is 2.09. The number of aromatic hydroxyl groups is 1. The van der Waals surface area contributed by atoms with Crippen LogP contribution in [-0.4, -0.2) is 17.6 Å². The molecule has 3 rings (SSSR count). The zero-order chi connectivity index (χ0) is 16.6. The monoisotopic (exact) mass is 349 g/mol. The van der Waals surface area contributed by atoms with Crippen molar-refractivity contribution in [2.24, 2.45) is 0 Å². The third-order valence-electron chi connectivity index (χ3n) is 3.43. The lowest BCUT2D eigenvalue weighted by molar-refractivity contribution is -0.110. The molecule has 0 spiro atoms. The molecule has 0 saturated heterocycles. The summed E-state index contributed by atoms with van der Waals surface area (Å²) in [6, 6.07) is 8.40. The van der Waals surface area contributed by atoms with Crippen molar-refractivity contribution >= 4 is 46.4 Å². The Bertz CT molecular complexity index is 831. The van der Waals surface area contributed by atoms with E-state index in [1.807, 2.05) is 0 Å². The van der Waals surface area contributed by atoms with Crippen LogP contribution in [0.15, 0.2) is 30.3 Å². The highest BCUT2D eigenvalue weighted by atomic mass is 35.5. The number of rotatable bonds is 3. The minimum absolute atomic E-state index is 0.116. The molecule has 23 heavy (non-hydrogen) atoms. The van der Waals surface area contributed by atoms with Crippen LogP contribution in [0.25, 0.3) is 11.6 Å². The molecule has 0 unspecified atom stereocenters. The van der Waals surface area contributed by atoms with Crippen molar-refractivity contribution < 1.29 is 14.6 Å². The van der Waals surface area contributed by atoms with Crippen molar-refractivity contribution in [1.29, 1.82) is 0 Å². The zero-order valence-electron chi connectivity index (χ0n) is 12.2. The molecule has 0 saturated carbocycles. The van der Waals surface area contributed by atoms with E-state index in [0.717, 1.165) is 5.56 Å². The summed E-state index contributed by atoms with van der Waals surface area (Å²) in [7, 11) is 0. The first-order chi connectivity index (χ1) is 11.0. The van der Waals surface area contributed by atoms with E-state index >= 15 is 0 Å². The van der Waals surface area contributed by atoms with E-state index in [4.69, 9.17) is 27.9 Å². The molecule has 1 heterocycles. The average molecular weight is 350 g/mol. The molecule has 0 aromatic heterocycles. The molecule has 1 amide bonds. The molecule has 0 aliphatic carbocycles. The van der Waals surface area contributed by atoms with E-state index in [1.54, 1.807) is 43.3 Å². The molecular formula is C17H13Cl2NO3. The van der Waals surface area contributed by atoms with E-state index in [0.29, 0.717) is 28.5 Å². The second kappa shape index (κ2) is 6.14. The number of hydrogen-bond acceptors (Lipinski definition) is 3. The minimum Gasteiger partial charge on any atom is -0.503 e. The number of anilines is 1. The van der Waals surface area contributed by atoms with Crippen molar-refractivity contribution in [2.45, 2.75) is 6.92 Å². The standard InChI is InChI=1S/C17H13Cl2NO3/c1-2-23-15-7-9(6-13(19)16(15)21)5-12-11-8-10(18)3-4-14(11)20-17(12)22/h3-8,21H,2H2,1H3,(H,20,22). The van der Waals surface area contributed by atoms with E-state index < -0.39 is 0 Å². The van der Waals surface area contributed by atoms with Gasteiger partial charge in [-0.15, -0.1) is 0 Å². The number of carbonyl (C=O) groups excluding carboxylic acids is 1. The minimum atomic E-state index is -0.218. The van der Waals surface area contributed by atoms with Gasteiger partial charge in [0.05, 0.1) is 11.6 Å². The Morgan fingerprint density at radius 3 is 2.78 bits per heavy atom. The van der Waals surface area contributed by atoms with E-state index in [1.165, 1.54) is 0 Å². The number of hydrogen-bond donors (Lipinski definition) is 2. The molecular weight excluding hydrogens is 337 g/mol. The van der Waals surface area contributed by atoms with Gasteiger partial charge < -0.3 is 15.2 Å². The molecule has 2 N–H and O–H groups in total. The third kappa shape index (κ3) is 3.00. The molecule has 2 aromatic carbocycles. The Hall–Kier alpha value is -2.17. The highest BCUT2D eigenvalue weighted by Gasteiger charge is 2.24. The van der Waals surface area contributed by atoms with Crippen molar-refractivity contribution in [1.82, 2.24) is 0 Å². The molecule has 0 atom stereocenters. The molecule has 1 aliphatic heterocycles. The van der Waals surface area contributed by atoms with Crippen LogP contribution in [0.3, 0.4) is 0 Å². The number of halogens is 2. The van der Waals surface area contributed by atoms with Gasteiger partial charge in [0.25, 0.3) is 5.91 Å². The summed E-state index contributed by atoms with van der Waals surface area (Å²) in [4.78, 5) is 12.2. The fraction of sp³-hybridized carbons (Fsp3) is 0.118. The molecule has 118 valence electrons. The largest absolute Gasteiger partial charge is 0.503 e. The van der Waals surface area contributed by atoms with Crippen LogP contribution in [0.4, 0.5) is 5.69 Å². The number of nitrogens with one attached hydrogen (secondary N) is 1. The number of fused-ring (bicyclic) bond motifs is 1. The quantitative estimate of drug-likeness (QED) is 0.796. The van der Waals surface area contributed by atoms with Crippen LogP contribution in [-0.2, 0) is 4.79 Å². The lowest BCUT2D eigenvalue weighted by atomic mass is 10.0. The highest BCUT2D eigenvalue weighted by molar-refractivity contribution is 6.37. The number of phenols is 1. The van der Waals surface area contributed by atoms with Gasteiger partial charge in [-0.3, -0.25) is 4.79 Å². The molecule has 0 radical (unpaired) electrons. The van der Waals surface area contributed by atoms with Crippen molar-refractivity contribution in [2.75, 3.05) is 11.9 Å². The molecule has 6 heteroatoms. The lowest BCUT2D eigenvalue weighted by Gasteiger charge is -2.09. The second-order valence-electron chi connectivity index (χ2n) is 4.98. The Morgan fingerprint density at radius 1 is 1.26 bits per heavy atom. The molecule has 1 aliphatic rings. The van der Waals surface area contributed by atoms with Gasteiger partial charge in [-0.1, -0.05) is 23.2 Å². The van der Waals surface area contributed by atoms with Crippen molar-refractivity contribution in [3.05, 3.63) is 51.5 Å². The SMILES string of the molecule is CCOc1cc(C=C2C(=O)Nc3ccc(Cl)cc32)cc(Cl)c1O. The Kier molecular flexibility index (Phi) is 4.20. The lowest BCUT2D eigenvalue weighted by Crippen LogP contribution is -2.03. The Labute approximate surface area is 143 Å². The molecule has 4 nitrogen and oxygen atoms in total. The number of carbonyl (C=O) groups is 1. The zero-order valence-corrected chi connectivity index (χ0v) is 13.7. The Morgan fingerprint density at radius 2 is 2.04 bits per heavy atom.